The van der Waals surface area contributed by atoms with Gasteiger partial charge in [0.1, 0.15) is 31.8 Å². The van der Waals surface area contributed by atoms with Crippen LogP contribution in [-0.2, 0) is 0 Å². The van der Waals surface area contributed by atoms with Crippen molar-refractivity contribution in [2.24, 2.45) is 0 Å². The van der Waals surface area contributed by atoms with Crippen molar-refractivity contribution >= 4 is 35.5 Å². The highest BCUT2D eigenvalue weighted by molar-refractivity contribution is 7.73. The zero-order valence-electron chi connectivity index (χ0n) is 6.87. The van der Waals surface area contributed by atoms with Crippen LogP contribution in [0, 0.1) is 9.28 Å². The highest BCUT2D eigenvalue weighted by Crippen LogP contribution is 2.27. The lowest BCUT2D eigenvalue weighted by Gasteiger charge is -2.02. The van der Waals surface area contributed by atoms with Gasteiger partial charge in [-0.25, -0.2) is 0 Å². The molecule has 4 nitrogen and oxygen atoms in total. The number of hydrogen-bond acceptors (Lipinski definition) is 4. The standard InChI is InChI=1S/C8H6N2O2S2/c11-3-1-2-4(12)6-5(3)9-7(13)8(14)10-6/h1-2,11-12H,(H,9,13)(H,10,14). The first kappa shape index (κ1) is 9.17. The molecule has 1 aromatic carbocycles. The van der Waals surface area contributed by atoms with Gasteiger partial charge in [0.15, 0.2) is 0 Å². The molecule has 2 rings (SSSR count). The van der Waals surface area contributed by atoms with Crippen molar-refractivity contribution in [2.45, 2.75) is 0 Å². The van der Waals surface area contributed by atoms with Gasteiger partial charge >= 0.3 is 0 Å². The minimum Gasteiger partial charge on any atom is -0.506 e. The molecule has 2 aromatic rings. The van der Waals surface area contributed by atoms with E-state index in [1.165, 1.54) is 12.1 Å². The van der Waals surface area contributed by atoms with Gasteiger partial charge in [-0.3, -0.25) is 0 Å². The lowest BCUT2D eigenvalue weighted by molar-refractivity contribution is 0.467. The summed E-state index contributed by atoms with van der Waals surface area (Å²) in [4.78, 5) is 5.47. The summed E-state index contributed by atoms with van der Waals surface area (Å²) in [5.74, 6) is 0.0188. The molecule has 0 spiro atoms. The van der Waals surface area contributed by atoms with Crippen LogP contribution in [0.5, 0.6) is 11.5 Å². The summed E-state index contributed by atoms with van der Waals surface area (Å²) in [7, 11) is 0. The summed E-state index contributed by atoms with van der Waals surface area (Å²) < 4.78 is 0.654. The van der Waals surface area contributed by atoms with Gasteiger partial charge in [0, 0.05) is 0 Å². The van der Waals surface area contributed by atoms with Crippen LogP contribution in [0.4, 0.5) is 0 Å². The number of nitrogens with one attached hydrogen (secondary N) is 2. The predicted octanol–water partition coefficient (Wildman–Crippen LogP) is 2.37. The Morgan fingerprint density at radius 2 is 1.21 bits per heavy atom. The molecule has 0 unspecified atom stereocenters. The summed E-state index contributed by atoms with van der Waals surface area (Å²) >= 11 is 9.80. The maximum atomic E-state index is 9.47. The average molecular weight is 226 g/mol. The highest BCUT2D eigenvalue weighted by atomic mass is 32.1. The molecule has 0 aliphatic carbocycles. The molecule has 72 valence electrons. The van der Waals surface area contributed by atoms with E-state index in [9.17, 15) is 10.2 Å². The second kappa shape index (κ2) is 3.07. The Balaban J connectivity index is 3.09. The maximum absolute atomic E-state index is 9.47. The zero-order chi connectivity index (χ0) is 10.3. The molecule has 1 heterocycles. The number of H-pyrrole nitrogens is 2. The Morgan fingerprint density at radius 3 is 1.57 bits per heavy atom. The Labute approximate surface area is 88.9 Å². The lowest BCUT2D eigenvalue weighted by Crippen LogP contribution is -1.87. The summed E-state index contributed by atoms with van der Waals surface area (Å²) in [6, 6.07) is 2.75. The molecule has 0 radical (unpaired) electrons. The quantitative estimate of drug-likeness (QED) is 0.411. The number of aromatic nitrogens is 2. The van der Waals surface area contributed by atoms with Crippen LogP contribution in [-0.4, -0.2) is 20.2 Å². The fourth-order valence-corrected chi connectivity index (χ4v) is 1.48. The number of rotatable bonds is 0. The van der Waals surface area contributed by atoms with Gasteiger partial charge < -0.3 is 20.2 Å². The third-order valence-electron chi connectivity index (χ3n) is 1.84. The van der Waals surface area contributed by atoms with Crippen molar-refractivity contribution in [2.75, 3.05) is 0 Å². The molecule has 1 aromatic heterocycles. The van der Waals surface area contributed by atoms with Crippen molar-refractivity contribution < 1.29 is 10.2 Å². The lowest BCUT2D eigenvalue weighted by atomic mass is 10.2. The number of aromatic amines is 2. The number of fused-ring (bicyclic) bond motifs is 1. The van der Waals surface area contributed by atoms with Gasteiger partial charge in [0.25, 0.3) is 0 Å². The van der Waals surface area contributed by atoms with Gasteiger partial charge in [-0.1, -0.05) is 24.4 Å². The van der Waals surface area contributed by atoms with E-state index in [1.807, 2.05) is 0 Å². The third-order valence-corrected chi connectivity index (χ3v) is 2.59. The van der Waals surface area contributed by atoms with Crippen molar-refractivity contribution in [1.82, 2.24) is 9.97 Å². The van der Waals surface area contributed by atoms with E-state index >= 15 is 0 Å². The molecule has 14 heavy (non-hydrogen) atoms. The van der Waals surface area contributed by atoms with Crippen LogP contribution in [0.15, 0.2) is 12.1 Å². The molecule has 4 N–H and O–H groups in total. The van der Waals surface area contributed by atoms with E-state index in [0.717, 1.165) is 0 Å². The number of benzene rings is 1. The summed E-state index contributed by atoms with van der Waals surface area (Å²) in [5, 5.41) is 18.9. The molecule has 0 aliphatic rings. The second-order valence-electron chi connectivity index (χ2n) is 2.76. The summed E-state index contributed by atoms with van der Waals surface area (Å²) in [6.45, 7) is 0. The van der Waals surface area contributed by atoms with E-state index in [0.29, 0.717) is 20.3 Å². The number of hydrogen-bond donors (Lipinski definition) is 4. The number of phenolic OH excluding ortho intramolecular Hbond substituents is 2. The van der Waals surface area contributed by atoms with E-state index in [1.54, 1.807) is 0 Å². The minimum atomic E-state index is 0.00940. The van der Waals surface area contributed by atoms with Gasteiger partial charge in [-0.15, -0.1) is 0 Å². The minimum absolute atomic E-state index is 0.00940. The predicted molar refractivity (Wildman–Crippen MR) is 57.6 cm³/mol. The maximum Gasteiger partial charge on any atom is 0.141 e. The van der Waals surface area contributed by atoms with Crippen molar-refractivity contribution in [3.63, 3.8) is 0 Å². The van der Waals surface area contributed by atoms with Crippen molar-refractivity contribution in [3.8, 4) is 11.5 Å². The Kier molecular flexibility index (Phi) is 2.01. The second-order valence-corrected chi connectivity index (χ2v) is 3.58. The summed E-state index contributed by atoms with van der Waals surface area (Å²) in [5.41, 5.74) is 0.701. The molecule has 0 amide bonds. The van der Waals surface area contributed by atoms with E-state index < -0.39 is 0 Å². The molecular weight excluding hydrogens is 220 g/mol. The first-order valence-electron chi connectivity index (χ1n) is 3.77. The zero-order valence-corrected chi connectivity index (χ0v) is 8.50. The van der Waals surface area contributed by atoms with E-state index in [-0.39, 0.29) is 11.5 Å². The van der Waals surface area contributed by atoms with Crippen LogP contribution in [0.25, 0.3) is 11.0 Å². The fraction of sp³-hybridized carbons (Fsp3) is 0. The van der Waals surface area contributed by atoms with Crippen LogP contribution >= 0.6 is 24.4 Å². The SMILES string of the molecule is Oc1ccc(O)c2[nH]c(=S)c(=S)[nH]c12. The molecule has 6 heteroatoms. The van der Waals surface area contributed by atoms with E-state index in [2.05, 4.69) is 9.97 Å². The monoisotopic (exact) mass is 226 g/mol. The van der Waals surface area contributed by atoms with Crippen molar-refractivity contribution in [3.05, 3.63) is 21.4 Å². The van der Waals surface area contributed by atoms with Crippen LogP contribution in [0.3, 0.4) is 0 Å². The molecule has 0 atom stereocenters. The Morgan fingerprint density at radius 1 is 0.857 bits per heavy atom. The van der Waals surface area contributed by atoms with Gasteiger partial charge in [0.05, 0.1) is 0 Å². The van der Waals surface area contributed by atoms with Gasteiger partial charge in [0.2, 0.25) is 0 Å². The van der Waals surface area contributed by atoms with E-state index in [4.69, 9.17) is 24.4 Å². The summed E-state index contributed by atoms with van der Waals surface area (Å²) in [6.07, 6.45) is 0. The first-order chi connectivity index (χ1) is 6.59. The number of phenols is 2. The van der Waals surface area contributed by atoms with Gasteiger partial charge in [-0.2, -0.15) is 0 Å². The molecule has 0 fully saturated rings. The molecular formula is C8H6N2O2S2. The fourth-order valence-electron chi connectivity index (χ4n) is 1.17. The van der Waals surface area contributed by atoms with Crippen LogP contribution in [0.1, 0.15) is 0 Å². The topological polar surface area (TPSA) is 72.0 Å². The molecule has 0 saturated carbocycles. The Bertz CT molecular complexity index is 560. The Hall–Kier alpha value is -1.40. The number of aromatic hydroxyl groups is 2. The molecule has 0 bridgehead atoms. The van der Waals surface area contributed by atoms with Crippen molar-refractivity contribution in [1.29, 1.82) is 0 Å². The first-order valence-corrected chi connectivity index (χ1v) is 4.58. The highest BCUT2D eigenvalue weighted by Gasteiger charge is 2.05. The largest absolute Gasteiger partial charge is 0.506 e. The third kappa shape index (κ3) is 1.28. The van der Waals surface area contributed by atoms with Crippen LogP contribution < -0.4 is 0 Å². The van der Waals surface area contributed by atoms with Gasteiger partial charge in [-0.05, 0) is 12.1 Å². The molecule has 0 saturated heterocycles. The normalized spacial score (nSPS) is 10.6. The molecule has 0 aliphatic heterocycles. The van der Waals surface area contributed by atoms with Crippen LogP contribution in [0.2, 0.25) is 0 Å². The average Bonchev–Trinajstić information content (AvgIpc) is 2.15. The smallest absolute Gasteiger partial charge is 0.141 e.